The lowest BCUT2D eigenvalue weighted by molar-refractivity contribution is -0.129. The van der Waals surface area contributed by atoms with E-state index in [2.05, 4.69) is 11.9 Å². The average molecular weight is 329 g/mol. The highest BCUT2D eigenvalue weighted by atomic mass is 32.2. The minimum Gasteiger partial charge on any atom is -0.340 e. The fourth-order valence-electron chi connectivity index (χ4n) is 2.95. The van der Waals surface area contributed by atoms with Crippen LogP contribution in [0.4, 0.5) is 0 Å². The first kappa shape index (κ1) is 17.0. The molecule has 0 bridgehead atoms. The molecule has 0 aromatic rings. The third-order valence-corrected chi connectivity index (χ3v) is 4.78. The molecule has 124 valence electrons. The fourth-order valence-corrected chi connectivity index (χ4v) is 3.58. The monoisotopic (exact) mass is 329 g/mol. The Morgan fingerprint density at radius 2 is 2.14 bits per heavy atom. The molecule has 2 rings (SSSR count). The lowest BCUT2D eigenvalue weighted by Gasteiger charge is -2.20. The zero-order chi connectivity index (χ0) is 16.3. The van der Waals surface area contributed by atoms with Crippen molar-refractivity contribution >= 4 is 21.7 Å². The fraction of sp³-hybridized carbons (Fsp3) is 0.714. The SMILES string of the molecule is C=CCN1CCC(NC2CCN(C(=O)CS(C)(=O)=O)C2)C1=O. The Kier molecular flexibility index (Phi) is 5.23. The number of amides is 2. The van der Waals surface area contributed by atoms with Gasteiger partial charge in [-0.15, -0.1) is 6.58 Å². The molecule has 2 unspecified atom stereocenters. The number of rotatable bonds is 6. The number of carbonyl (C=O) groups excluding carboxylic acids is 2. The van der Waals surface area contributed by atoms with Crippen molar-refractivity contribution in [2.45, 2.75) is 24.9 Å². The van der Waals surface area contributed by atoms with Gasteiger partial charge < -0.3 is 15.1 Å². The zero-order valence-electron chi connectivity index (χ0n) is 12.8. The highest BCUT2D eigenvalue weighted by Gasteiger charge is 2.35. The minimum absolute atomic E-state index is 0.0427. The largest absolute Gasteiger partial charge is 0.340 e. The van der Waals surface area contributed by atoms with Crippen molar-refractivity contribution in [2.24, 2.45) is 0 Å². The van der Waals surface area contributed by atoms with Gasteiger partial charge in [0, 0.05) is 38.5 Å². The number of likely N-dealkylation sites (tertiary alicyclic amines) is 2. The van der Waals surface area contributed by atoms with Crippen molar-refractivity contribution in [3.8, 4) is 0 Å². The third-order valence-electron chi connectivity index (χ3n) is 4.01. The van der Waals surface area contributed by atoms with E-state index in [-0.39, 0.29) is 23.9 Å². The Morgan fingerprint density at radius 1 is 1.41 bits per heavy atom. The van der Waals surface area contributed by atoms with Gasteiger partial charge in [-0.05, 0) is 12.8 Å². The minimum atomic E-state index is -3.30. The Bertz CT molecular complexity index is 560. The van der Waals surface area contributed by atoms with E-state index < -0.39 is 15.6 Å². The summed E-state index contributed by atoms with van der Waals surface area (Å²) in [5.41, 5.74) is 0. The van der Waals surface area contributed by atoms with Gasteiger partial charge in [0.15, 0.2) is 9.84 Å². The van der Waals surface area contributed by atoms with Gasteiger partial charge in [0.2, 0.25) is 11.8 Å². The number of hydrogen-bond donors (Lipinski definition) is 1. The van der Waals surface area contributed by atoms with Crippen LogP contribution in [0, 0.1) is 0 Å². The zero-order valence-corrected chi connectivity index (χ0v) is 13.6. The van der Waals surface area contributed by atoms with E-state index in [1.807, 2.05) is 0 Å². The molecular formula is C14H23N3O4S. The summed E-state index contributed by atoms with van der Waals surface area (Å²) in [6.07, 6.45) is 4.25. The van der Waals surface area contributed by atoms with Crippen LogP contribution in [0.15, 0.2) is 12.7 Å². The first-order valence-corrected chi connectivity index (χ1v) is 9.47. The molecule has 0 radical (unpaired) electrons. The van der Waals surface area contributed by atoms with Crippen LogP contribution in [-0.2, 0) is 19.4 Å². The van der Waals surface area contributed by atoms with E-state index in [4.69, 9.17) is 0 Å². The molecular weight excluding hydrogens is 306 g/mol. The molecule has 8 heteroatoms. The van der Waals surface area contributed by atoms with Crippen LogP contribution >= 0.6 is 0 Å². The Balaban J connectivity index is 1.83. The van der Waals surface area contributed by atoms with E-state index in [9.17, 15) is 18.0 Å². The molecule has 1 N–H and O–H groups in total. The van der Waals surface area contributed by atoms with Crippen LogP contribution in [0.25, 0.3) is 0 Å². The molecule has 0 saturated carbocycles. The van der Waals surface area contributed by atoms with Crippen LogP contribution in [-0.4, -0.2) is 80.3 Å². The molecule has 2 saturated heterocycles. The van der Waals surface area contributed by atoms with E-state index in [1.165, 1.54) is 0 Å². The molecule has 2 heterocycles. The average Bonchev–Trinajstić information content (AvgIpc) is 2.99. The molecule has 0 aromatic carbocycles. The van der Waals surface area contributed by atoms with Gasteiger partial charge in [-0.3, -0.25) is 9.59 Å². The predicted molar refractivity (Wildman–Crippen MR) is 83.0 cm³/mol. The predicted octanol–water partition coefficient (Wildman–Crippen LogP) is -0.992. The maximum absolute atomic E-state index is 12.1. The second-order valence-corrected chi connectivity index (χ2v) is 8.12. The Hall–Kier alpha value is -1.41. The lowest BCUT2D eigenvalue weighted by Crippen LogP contribution is -2.45. The Morgan fingerprint density at radius 3 is 2.77 bits per heavy atom. The molecule has 2 amide bonds. The Labute approximate surface area is 131 Å². The number of nitrogens with zero attached hydrogens (tertiary/aromatic N) is 2. The van der Waals surface area contributed by atoms with Crippen LogP contribution in [0.2, 0.25) is 0 Å². The summed E-state index contributed by atoms with van der Waals surface area (Å²) in [4.78, 5) is 27.3. The van der Waals surface area contributed by atoms with Crippen LogP contribution in [0.3, 0.4) is 0 Å². The molecule has 2 atom stereocenters. The molecule has 0 aliphatic carbocycles. The maximum Gasteiger partial charge on any atom is 0.240 e. The molecule has 22 heavy (non-hydrogen) atoms. The molecule has 2 aliphatic rings. The van der Waals surface area contributed by atoms with Crippen molar-refractivity contribution in [3.05, 3.63) is 12.7 Å². The second-order valence-electron chi connectivity index (χ2n) is 5.98. The first-order valence-electron chi connectivity index (χ1n) is 7.41. The van der Waals surface area contributed by atoms with Gasteiger partial charge >= 0.3 is 0 Å². The number of hydrogen-bond acceptors (Lipinski definition) is 5. The summed E-state index contributed by atoms with van der Waals surface area (Å²) in [5, 5.41) is 3.29. The molecule has 0 aromatic heterocycles. The standard InChI is InChI=1S/C14H23N3O4S/c1-3-6-16-8-5-12(14(16)19)15-11-4-7-17(9-11)13(18)10-22(2,20)21/h3,11-12,15H,1,4-10H2,2H3. The summed E-state index contributed by atoms with van der Waals surface area (Å²) in [5.74, 6) is -0.742. The van der Waals surface area contributed by atoms with E-state index in [1.54, 1.807) is 15.9 Å². The number of nitrogens with one attached hydrogen (secondary N) is 1. The quantitative estimate of drug-likeness (QED) is 0.632. The van der Waals surface area contributed by atoms with Crippen molar-refractivity contribution in [1.82, 2.24) is 15.1 Å². The van der Waals surface area contributed by atoms with Crippen LogP contribution < -0.4 is 5.32 Å². The van der Waals surface area contributed by atoms with Crippen LogP contribution in [0.1, 0.15) is 12.8 Å². The summed E-state index contributed by atoms with van der Waals surface area (Å²) >= 11 is 0. The van der Waals surface area contributed by atoms with E-state index in [0.29, 0.717) is 26.2 Å². The summed E-state index contributed by atoms with van der Waals surface area (Å²) < 4.78 is 22.4. The summed E-state index contributed by atoms with van der Waals surface area (Å²) in [6, 6.07) is -0.170. The summed E-state index contributed by atoms with van der Waals surface area (Å²) in [6.45, 7) is 5.90. The second kappa shape index (κ2) is 6.78. The molecule has 0 spiro atoms. The van der Waals surface area contributed by atoms with Gasteiger partial charge in [-0.1, -0.05) is 6.08 Å². The molecule has 2 fully saturated rings. The van der Waals surface area contributed by atoms with Crippen molar-refractivity contribution in [2.75, 3.05) is 38.2 Å². The molecule has 2 aliphatic heterocycles. The van der Waals surface area contributed by atoms with Gasteiger partial charge in [0.25, 0.3) is 0 Å². The van der Waals surface area contributed by atoms with E-state index >= 15 is 0 Å². The van der Waals surface area contributed by atoms with Crippen molar-refractivity contribution < 1.29 is 18.0 Å². The third kappa shape index (κ3) is 4.30. The van der Waals surface area contributed by atoms with Crippen molar-refractivity contribution in [1.29, 1.82) is 0 Å². The molecule has 7 nitrogen and oxygen atoms in total. The van der Waals surface area contributed by atoms with Crippen molar-refractivity contribution in [3.63, 3.8) is 0 Å². The van der Waals surface area contributed by atoms with Gasteiger partial charge in [-0.2, -0.15) is 0 Å². The van der Waals surface area contributed by atoms with E-state index in [0.717, 1.165) is 19.1 Å². The first-order chi connectivity index (χ1) is 10.3. The smallest absolute Gasteiger partial charge is 0.240 e. The maximum atomic E-state index is 12.1. The highest BCUT2D eigenvalue weighted by molar-refractivity contribution is 7.91. The highest BCUT2D eigenvalue weighted by Crippen LogP contribution is 2.16. The lowest BCUT2D eigenvalue weighted by atomic mass is 10.2. The van der Waals surface area contributed by atoms with Gasteiger partial charge in [0.05, 0.1) is 6.04 Å². The van der Waals surface area contributed by atoms with Gasteiger partial charge in [-0.25, -0.2) is 8.42 Å². The normalized spacial score (nSPS) is 25.8. The summed E-state index contributed by atoms with van der Waals surface area (Å²) in [7, 11) is -3.30. The van der Waals surface area contributed by atoms with Crippen LogP contribution in [0.5, 0.6) is 0 Å². The topological polar surface area (TPSA) is 86.8 Å². The van der Waals surface area contributed by atoms with Gasteiger partial charge in [0.1, 0.15) is 5.75 Å². The number of sulfone groups is 1. The number of carbonyl (C=O) groups is 2.